The fourth-order valence-corrected chi connectivity index (χ4v) is 2.23. The van der Waals surface area contributed by atoms with Gasteiger partial charge in [0.25, 0.3) is 5.69 Å². The maximum Gasteiger partial charge on any atom is 0.271 e. The largest absolute Gasteiger partial charge is 0.386 e. The standard InChI is InChI=1S/C14H10ClFN2O3/c1-17-13-10(6-8(18(20)21)7-11(13)15)14(19)9-4-2-3-5-12(9)16/h2-7,17H,1H3. The van der Waals surface area contributed by atoms with Gasteiger partial charge in [0.05, 0.1) is 26.8 Å². The van der Waals surface area contributed by atoms with Crippen molar-refractivity contribution in [2.24, 2.45) is 0 Å². The van der Waals surface area contributed by atoms with Crippen molar-refractivity contribution in [2.45, 2.75) is 0 Å². The van der Waals surface area contributed by atoms with E-state index in [-0.39, 0.29) is 27.5 Å². The molecular formula is C14H10ClFN2O3. The third kappa shape index (κ3) is 2.85. The lowest BCUT2D eigenvalue weighted by atomic mass is 10.0. The third-order valence-corrected chi connectivity index (χ3v) is 3.20. The normalized spacial score (nSPS) is 10.2. The second kappa shape index (κ2) is 5.88. The summed E-state index contributed by atoms with van der Waals surface area (Å²) >= 11 is 5.94. The second-order valence-corrected chi connectivity index (χ2v) is 4.57. The highest BCUT2D eigenvalue weighted by atomic mass is 35.5. The van der Waals surface area contributed by atoms with Crippen LogP contribution in [0.4, 0.5) is 15.8 Å². The summed E-state index contributed by atoms with van der Waals surface area (Å²) in [5.74, 6) is -1.38. The summed E-state index contributed by atoms with van der Waals surface area (Å²) in [4.78, 5) is 22.6. The summed E-state index contributed by atoms with van der Waals surface area (Å²) in [5, 5.41) is 13.6. The number of halogens is 2. The summed E-state index contributed by atoms with van der Waals surface area (Å²) in [6.45, 7) is 0. The molecule has 0 saturated heterocycles. The molecule has 0 fully saturated rings. The van der Waals surface area contributed by atoms with Gasteiger partial charge >= 0.3 is 0 Å². The van der Waals surface area contributed by atoms with Crippen molar-refractivity contribution in [3.63, 3.8) is 0 Å². The molecule has 0 spiro atoms. The summed E-state index contributed by atoms with van der Waals surface area (Å²) in [6.07, 6.45) is 0. The molecule has 1 N–H and O–H groups in total. The van der Waals surface area contributed by atoms with Crippen molar-refractivity contribution in [1.82, 2.24) is 0 Å². The first-order valence-electron chi connectivity index (χ1n) is 5.90. The maximum atomic E-state index is 13.7. The minimum atomic E-state index is -0.702. The zero-order valence-electron chi connectivity index (χ0n) is 10.9. The first-order chi connectivity index (χ1) is 9.95. The van der Waals surface area contributed by atoms with Crippen LogP contribution in [0.1, 0.15) is 15.9 Å². The number of carbonyl (C=O) groups is 1. The maximum absolute atomic E-state index is 13.7. The molecule has 0 saturated carbocycles. The van der Waals surface area contributed by atoms with Crippen LogP contribution >= 0.6 is 11.6 Å². The molecule has 0 aliphatic rings. The monoisotopic (exact) mass is 308 g/mol. The van der Waals surface area contributed by atoms with Crippen LogP contribution in [0, 0.1) is 15.9 Å². The molecule has 0 aromatic heterocycles. The molecule has 5 nitrogen and oxygen atoms in total. The number of non-ortho nitro benzene ring substituents is 1. The lowest BCUT2D eigenvalue weighted by molar-refractivity contribution is -0.384. The topological polar surface area (TPSA) is 72.2 Å². The minimum absolute atomic E-state index is 0.0198. The molecule has 0 aliphatic heterocycles. The van der Waals surface area contributed by atoms with Gasteiger partial charge in [-0.25, -0.2) is 4.39 Å². The molecule has 0 atom stereocenters. The van der Waals surface area contributed by atoms with Gasteiger partial charge in [0.2, 0.25) is 0 Å². The molecule has 0 unspecified atom stereocenters. The predicted molar refractivity (Wildman–Crippen MR) is 77.5 cm³/mol. The smallest absolute Gasteiger partial charge is 0.271 e. The number of anilines is 1. The van der Waals surface area contributed by atoms with Crippen molar-refractivity contribution < 1.29 is 14.1 Å². The van der Waals surface area contributed by atoms with Crippen LogP contribution < -0.4 is 5.32 Å². The van der Waals surface area contributed by atoms with Gasteiger partial charge in [-0.2, -0.15) is 0 Å². The highest BCUT2D eigenvalue weighted by Gasteiger charge is 2.22. The number of nitro benzene ring substituents is 1. The number of nitrogens with one attached hydrogen (secondary N) is 1. The number of nitro groups is 1. The molecule has 0 amide bonds. The molecule has 2 aromatic rings. The molecule has 2 aromatic carbocycles. The molecule has 7 heteroatoms. The zero-order valence-corrected chi connectivity index (χ0v) is 11.6. The van der Waals surface area contributed by atoms with E-state index < -0.39 is 16.5 Å². The van der Waals surface area contributed by atoms with E-state index in [0.29, 0.717) is 0 Å². The third-order valence-electron chi connectivity index (χ3n) is 2.90. The number of benzene rings is 2. The van der Waals surface area contributed by atoms with Crippen LogP contribution in [0.3, 0.4) is 0 Å². The Kier molecular flexibility index (Phi) is 4.18. The average Bonchev–Trinajstić information content (AvgIpc) is 2.46. The Morgan fingerprint density at radius 2 is 1.95 bits per heavy atom. The van der Waals surface area contributed by atoms with Gasteiger partial charge in [0.1, 0.15) is 5.82 Å². The summed E-state index contributed by atoms with van der Waals surface area (Å²) in [5.41, 5.74) is -0.346. The molecule has 2 rings (SSSR count). The van der Waals surface area contributed by atoms with Gasteiger partial charge in [-0.15, -0.1) is 0 Å². The fourth-order valence-electron chi connectivity index (χ4n) is 1.92. The molecule has 108 valence electrons. The van der Waals surface area contributed by atoms with E-state index in [9.17, 15) is 19.3 Å². The van der Waals surface area contributed by atoms with E-state index in [1.54, 1.807) is 0 Å². The van der Waals surface area contributed by atoms with Crippen LogP contribution in [0.15, 0.2) is 36.4 Å². The van der Waals surface area contributed by atoms with Crippen molar-refractivity contribution >= 4 is 28.8 Å². The number of hydrogen-bond acceptors (Lipinski definition) is 4. The van der Waals surface area contributed by atoms with Crippen LogP contribution in [-0.4, -0.2) is 17.8 Å². The number of ketones is 1. The zero-order chi connectivity index (χ0) is 15.6. The van der Waals surface area contributed by atoms with Crippen molar-refractivity contribution in [2.75, 3.05) is 12.4 Å². The first-order valence-corrected chi connectivity index (χ1v) is 6.28. The van der Waals surface area contributed by atoms with E-state index >= 15 is 0 Å². The van der Waals surface area contributed by atoms with E-state index in [0.717, 1.165) is 18.2 Å². The molecular weight excluding hydrogens is 299 g/mol. The molecule has 0 heterocycles. The quantitative estimate of drug-likeness (QED) is 0.531. The Labute approximate surface area is 124 Å². The highest BCUT2D eigenvalue weighted by molar-refractivity contribution is 6.34. The summed E-state index contributed by atoms with van der Waals surface area (Å²) in [7, 11) is 1.52. The summed E-state index contributed by atoms with van der Waals surface area (Å²) < 4.78 is 13.7. The molecule has 0 radical (unpaired) electrons. The van der Waals surface area contributed by atoms with Crippen LogP contribution in [0.2, 0.25) is 5.02 Å². The Morgan fingerprint density at radius 3 is 2.52 bits per heavy atom. The van der Waals surface area contributed by atoms with Crippen LogP contribution in [0.5, 0.6) is 0 Å². The fraction of sp³-hybridized carbons (Fsp3) is 0.0714. The number of carbonyl (C=O) groups excluding carboxylic acids is 1. The second-order valence-electron chi connectivity index (χ2n) is 4.17. The lowest BCUT2D eigenvalue weighted by Crippen LogP contribution is -2.09. The highest BCUT2D eigenvalue weighted by Crippen LogP contribution is 2.32. The van der Waals surface area contributed by atoms with Crippen LogP contribution in [0.25, 0.3) is 0 Å². The Balaban J connectivity index is 2.64. The van der Waals surface area contributed by atoms with Crippen molar-refractivity contribution in [3.05, 3.63) is 68.5 Å². The van der Waals surface area contributed by atoms with Gasteiger partial charge in [-0.05, 0) is 12.1 Å². The van der Waals surface area contributed by atoms with Gasteiger partial charge < -0.3 is 5.32 Å². The Bertz CT molecular complexity index is 734. The average molecular weight is 309 g/mol. The van der Waals surface area contributed by atoms with E-state index in [1.165, 1.54) is 25.2 Å². The van der Waals surface area contributed by atoms with Gasteiger partial charge in [-0.3, -0.25) is 14.9 Å². The lowest BCUT2D eigenvalue weighted by Gasteiger charge is -2.10. The SMILES string of the molecule is CNc1c(Cl)cc([N+](=O)[O-])cc1C(=O)c1ccccc1F. The Hall–Kier alpha value is -2.47. The van der Waals surface area contributed by atoms with E-state index in [2.05, 4.69) is 5.32 Å². The van der Waals surface area contributed by atoms with Crippen molar-refractivity contribution in [3.8, 4) is 0 Å². The summed E-state index contributed by atoms with van der Waals surface area (Å²) in [6, 6.07) is 7.62. The molecule has 21 heavy (non-hydrogen) atoms. The minimum Gasteiger partial charge on any atom is -0.386 e. The number of hydrogen-bond donors (Lipinski definition) is 1. The number of nitrogens with zero attached hydrogens (tertiary/aromatic N) is 1. The van der Waals surface area contributed by atoms with E-state index in [1.807, 2.05) is 0 Å². The Morgan fingerprint density at radius 1 is 1.29 bits per heavy atom. The van der Waals surface area contributed by atoms with Crippen molar-refractivity contribution in [1.29, 1.82) is 0 Å². The van der Waals surface area contributed by atoms with Gasteiger partial charge in [0, 0.05) is 19.2 Å². The molecule has 0 bridgehead atoms. The van der Waals surface area contributed by atoms with Gasteiger partial charge in [0.15, 0.2) is 5.78 Å². The first kappa shape index (κ1) is 14.9. The number of rotatable bonds is 4. The predicted octanol–water partition coefficient (Wildman–Crippen LogP) is 3.66. The van der Waals surface area contributed by atoms with E-state index in [4.69, 9.17) is 11.6 Å². The molecule has 0 aliphatic carbocycles. The van der Waals surface area contributed by atoms with Crippen LogP contribution in [-0.2, 0) is 0 Å². The van der Waals surface area contributed by atoms with Gasteiger partial charge in [-0.1, -0.05) is 23.7 Å².